The highest BCUT2D eigenvalue weighted by atomic mass is 32.1. The summed E-state index contributed by atoms with van der Waals surface area (Å²) in [7, 11) is 0. The van der Waals surface area contributed by atoms with E-state index >= 15 is 0 Å². The van der Waals surface area contributed by atoms with Crippen LogP contribution in [0.2, 0.25) is 0 Å². The lowest BCUT2D eigenvalue weighted by atomic mass is 10.1. The van der Waals surface area contributed by atoms with E-state index in [4.69, 9.17) is 4.74 Å². The zero-order valence-corrected chi connectivity index (χ0v) is 16.3. The summed E-state index contributed by atoms with van der Waals surface area (Å²) >= 11 is 1.22. The topological polar surface area (TPSA) is 80.3 Å². The number of rotatable bonds is 8. The van der Waals surface area contributed by atoms with E-state index in [1.54, 1.807) is 29.6 Å². The van der Waals surface area contributed by atoms with E-state index < -0.39 is 0 Å². The van der Waals surface area contributed by atoms with E-state index in [1.807, 2.05) is 37.3 Å². The van der Waals surface area contributed by atoms with Gasteiger partial charge < -0.3 is 15.4 Å². The average Bonchev–Trinajstić information content (AvgIpc) is 3.17. The lowest BCUT2D eigenvalue weighted by Gasteiger charge is -2.06. The first-order valence-electron chi connectivity index (χ1n) is 8.97. The van der Waals surface area contributed by atoms with Crippen LogP contribution < -0.4 is 15.4 Å². The summed E-state index contributed by atoms with van der Waals surface area (Å²) in [6.07, 6.45) is 1.01. The van der Waals surface area contributed by atoms with Crippen molar-refractivity contribution in [2.24, 2.45) is 0 Å². The van der Waals surface area contributed by atoms with Crippen molar-refractivity contribution in [1.82, 2.24) is 4.98 Å². The zero-order chi connectivity index (χ0) is 19.8. The lowest BCUT2D eigenvalue weighted by Crippen LogP contribution is -2.14. The molecule has 0 unspecified atom stereocenters. The molecule has 2 amide bonds. The first kappa shape index (κ1) is 19.6. The van der Waals surface area contributed by atoms with Crippen LogP contribution in [0, 0.1) is 0 Å². The number of amides is 2. The molecular weight excluding hydrogens is 374 g/mol. The maximum Gasteiger partial charge on any atom is 0.275 e. The number of benzene rings is 2. The van der Waals surface area contributed by atoms with E-state index in [0.29, 0.717) is 30.3 Å². The van der Waals surface area contributed by atoms with Crippen LogP contribution in [0.1, 0.15) is 29.4 Å². The number of anilines is 2. The van der Waals surface area contributed by atoms with Gasteiger partial charge in [0.2, 0.25) is 5.91 Å². The van der Waals surface area contributed by atoms with Crippen molar-refractivity contribution in [2.45, 2.75) is 19.8 Å². The Morgan fingerprint density at radius 1 is 1.04 bits per heavy atom. The van der Waals surface area contributed by atoms with Crippen LogP contribution in [0.5, 0.6) is 5.75 Å². The fourth-order valence-electron chi connectivity index (χ4n) is 2.52. The molecule has 0 bridgehead atoms. The molecule has 1 aromatic heterocycles. The van der Waals surface area contributed by atoms with Crippen LogP contribution in [0.25, 0.3) is 0 Å². The van der Waals surface area contributed by atoms with Gasteiger partial charge in [0.25, 0.3) is 5.91 Å². The van der Waals surface area contributed by atoms with Crippen molar-refractivity contribution in [3.05, 3.63) is 71.2 Å². The van der Waals surface area contributed by atoms with Crippen molar-refractivity contribution in [3.8, 4) is 5.75 Å². The quantitative estimate of drug-likeness (QED) is 0.594. The summed E-state index contributed by atoms with van der Waals surface area (Å²) in [5.41, 5.74) is 2.01. The van der Waals surface area contributed by atoms with Gasteiger partial charge in [-0.25, -0.2) is 4.98 Å². The number of nitrogens with zero attached hydrogens (tertiary/aromatic N) is 1. The molecule has 0 fully saturated rings. The summed E-state index contributed by atoms with van der Waals surface area (Å²) < 4.78 is 5.38. The molecule has 28 heavy (non-hydrogen) atoms. The molecule has 0 aliphatic carbocycles. The normalized spacial score (nSPS) is 10.3. The minimum atomic E-state index is -0.329. The van der Waals surface area contributed by atoms with Gasteiger partial charge in [0.1, 0.15) is 11.4 Å². The third-order valence-corrected chi connectivity index (χ3v) is 4.65. The third kappa shape index (κ3) is 5.65. The Bertz CT molecular complexity index is 924. The Labute approximate surface area is 167 Å². The minimum Gasteiger partial charge on any atom is -0.494 e. The molecule has 2 N–H and O–H groups in total. The predicted molar refractivity (Wildman–Crippen MR) is 111 cm³/mol. The average molecular weight is 395 g/mol. The van der Waals surface area contributed by atoms with E-state index in [2.05, 4.69) is 15.6 Å². The Hall–Kier alpha value is -3.19. The van der Waals surface area contributed by atoms with Crippen molar-refractivity contribution in [1.29, 1.82) is 0 Å². The van der Waals surface area contributed by atoms with Gasteiger partial charge in [0.15, 0.2) is 5.13 Å². The van der Waals surface area contributed by atoms with Gasteiger partial charge in [-0.3, -0.25) is 9.59 Å². The van der Waals surface area contributed by atoms with Crippen LogP contribution in [-0.2, 0) is 11.2 Å². The molecule has 0 aliphatic rings. The molecule has 7 heteroatoms. The number of hydrogen-bond acceptors (Lipinski definition) is 5. The number of carbonyl (C=O) groups is 2. The van der Waals surface area contributed by atoms with E-state index in [9.17, 15) is 9.59 Å². The van der Waals surface area contributed by atoms with Crippen LogP contribution in [0.4, 0.5) is 10.8 Å². The Balaban J connectivity index is 1.51. The predicted octanol–water partition coefficient (Wildman–Crippen LogP) is 4.37. The maximum absolute atomic E-state index is 12.3. The van der Waals surface area contributed by atoms with Crippen LogP contribution in [-0.4, -0.2) is 23.4 Å². The standard InChI is InChI=1S/C21H21N3O3S/c1-2-27-17-11-9-16(10-12-17)22-20(26)18-14-28-21(23-18)24-19(25)13-8-15-6-4-3-5-7-15/h3-7,9-12,14H,2,8,13H2,1H3,(H,22,26)(H,23,24,25). The lowest BCUT2D eigenvalue weighted by molar-refractivity contribution is -0.116. The Morgan fingerprint density at radius 2 is 1.79 bits per heavy atom. The zero-order valence-electron chi connectivity index (χ0n) is 15.5. The number of hydrogen-bond donors (Lipinski definition) is 2. The van der Waals surface area contributed by atoms with Gasteiger partial charge in [-0.2, -0.15) is 0 Å². The second-order valence-corrected chi connectivity index (χ2v) is 6.84. The van der Waals surface area contributed by atoms with E-state index in [-0.39, 0.29) is 17.5 Å². The van der Waals surface area contributed by atoms with Crippen molar-refractivity contribution in [2.75, 3.05) is 17.2 Å². The highest BCUT2D eigenvalue weighted by Crippen LogP contribution is 2.19. The van der Waals surface area contributed by atoms with Gasteiger partial charge in [0.05, 0.1) is 6.61 Å². The van der Waals surface area contributed by atoms with Gasteiger partial charge >= 0.3 is 0 Å². The number of aromatic nitrogens is 1. The van der Waals surface area contributed by atoms with Gasteiger partial charge in [-0.1, -0.05) is 30.3 Å². The van der Waals surface area contributed by atoms with E-state index in [0.717, 1.165) is 11.3 Å². The van der Waals surface area contributed by atoms with Crippen molar-refractivity contribution >= 4 is 34.0 Å². The van der Waals surface area contributed by atoms with Crippen LogP contribution in [0.15, 0.2) is 60.0 Å². The highest BCUT2D eigenvalue weighted by Gasteiger charge is 2.13. The molecule has 3 rings (SSSR count). The number of ether oxygens (including phenoxy) is 1. The summed E-state index contributed by atoms with van der Waals surface area (Å²) in [5.74, 6) is 0.288. The maximum atomic E-state index is 12.3. The molecule has 2 aromatic carbocycles. The summed E-state index contributed by atoms with van der Waals surface area (Å²) in [4.78, 5) is 28.6. The Kier molecular flexibility index (Phi) is 6.75. The molecule has 6 nitrogen and oxygen atoms in total. The number of nitrogens with one attached hydrogen (secondary N) is 2. The monoisotopic (exact) mass is 395 g/mol. The summed E-state index contributed by atoms with van der Waals surface area (Å²) in [5, 5.41) is 7.56. The van der Waals surface area contributed by atoms with E-state index in [1.165, 1.54) is 11.3 Å². The molecular formula is C21H21N3O3S. The molecule has 3 aromatic rings. The molecule has 0 saturated heterocycles. The smallest absolute Gasteiger partial charge is 0.275 e. The van der Waals surface area contributed by atoms with Gasteiger partial charge in [-0.15, -0.1) is 11.3 Å². The fourth-order valence-corrected chi connectivity index (χ4v) is 3.22. The molecule has 0 radical (unpaired) electrons. The molecule has 0 aliphatic heterocycles. The number of aryl methyl sites for hydroxylation is 1. The second-order valence-electron chi connectivity index (χ2n) is 5.98. The van der Waals surface area contributed by atoms with Crippen LogP contribution in [0.3, 0.4) is 0 Å². The first-order chi connectivity index (χ1) is 13.6. The molecule has 0 saturated carbocycles. The molecule has 0 atom stereocenters. The third-order valence-electron chi connectivity index (χ3n) is 3.89. The van der Waals surface area contributed by atoms with Crippen molar-refractivity contribution < 1.29 is 14.3 Å². The van der Waals surface area contributed by atoms with Crippen LogP contribution >= 0.6 is 11.3 Å². The number of thiazole rings is 1. The first-order valence-corrected chi connectivity index (χ1v) is 9.85. The highest BCUT2D eigenvalue weighted by molar-refractivity contribution is 7.14. The minimum absolute atomic E-state index is 0.128. The number of carbonyl (C=O) groups excluding carboxylic acids is 2. The van der Waals surface area contributed by atoms with Crippen molar-refractivity contribution in [3.63, 3.8) is 0 Å². The molecule has 0 spiro atoms. The Morgan fingerprint density at radius 3 is 2.50 bits per heavy atom. The fraction of sp³-hybridized carbons (Fsp3) is 0.190. The van der Waals surface area contributed by atoms with Gasteiger partial charge in [-0.05, 0) is 43.2 Å². The SMILES string of the molecule is CCOc1ccc(NC(=O)c2csc(NC(=O)CCc3ccccc3)n2)cc1. The largest absolute Gasteiger partial charge is 0.494 e. The van der Waals surface area contributed by atoms with Gasteiger partial charge in [0, 0.05) is 17.5 Å². The molecule has 1 heterocycles. The molecule has 144 valence electrons. The summed E-state index contributed by atoms with van der Waals surface area (Å²) in [6, 6.07) is 16.9. The summed E-state index contributed by atoms with van der Waals surface area (Å²) in [6.45, 7) is 2.50. The second kappa shape index (κ2) is 9.66.